The molecule has 9 heteroatoms. The molecule has 3 amide bonds. The molecule has 2 aromatic rings. The topological polar surface area (TPSA) is 92.9 Å². The van der Waals surface area contributed by atoms with Crippen LogP contribution in [0.5, 0.6) is 5.75 Å². The Morgan fingerprint density at radius 3 is 2.61 bits per heavy atom. The van der Waals surface area contributed by atoms with Gasteiger partial charge >= 0.3 is 0 Å². The molecule has 0 bridgehead atoms. The van der Waals surface area contributed by atoms with Crippen LogP contribution in [0.25, 0.3) is 6.08 Å². The first kappa shape index (κ1) is 23.4. The number of rotatable bonds is 5. The lowest BCUT2D eigenvalue weighted by Crippen LogP contribution is -2.48. The number of piperidine rings is 1. The van der Waals surface area contributed by atoms with Crippen LogP contribution in [-0.4, -0.2) is 49.4 Å². The SMILES string of the molecule is COc1ccc(C=C2Sc3ccccc3N(CC(=O)N3CCC(C(N)=O)CC3)C2=O)cc1Br. The van der Waals surface area contributed by atoms with Gasteiger partial charge < -0.3 is 15.4 Å². The molecule has 0 atom stereocenters. The lowest BCUT2D eigenvalue weighted by atomic mass is 9.96. The second-order valence-corrected chi connectivity index (χ2v) is 9.86. The van der Waals surface area contributed by atoms with Crippen molar-refractivity contribution in [3.63, 3.8) is 0 Å². The van der Waals surface area contributed by atoms with E-state index < -0.39 is 0 Å². The molecule has 33 heavy (non-hydrogen) atoms. The molecule has 2 aromatic carbocycles. The number of carbonyl (C=O) groups is 3. The Labute approximate surface area is 205 Å². The molecule has 0 aliphatic carbocycles. The molecular weight excluding hydrogens is 506 g/mol. The number of hydrogen-bond donors (Lipinski definition) is 1. The van der Waals surface area contributed by atoms with Crippen LogP contribution < -0.4 is 15.4 Å². The number of ether oxygens (including phenoxy) is 1. The maximum atomic E-state index is 13.4. The average molecular weight is 530 g/mol. The number of halogens is 1. The molecule has 1 fully saturated rings. The quantitative estimate of drug-likeness (QED) is 0.596. The van der Waals surface area contributed by atoms with E-state index in [9.17, 15) is 14.4 Å². The molecule has 0 spiro atoms. The van der Waals surface area contributed by atoms with E-state index in [4.69, 9.17) is 10.5 Å². The maximum Gasteiger partial charge on any atom is 0.265 e. The van der Waals surface area contributed by atoms with E-state index in [2.05, 4.69) is 15.9 Å². The maximum absolute atomic E-state index is 13.4. The first-order valence-corrected chi connectivity index (χ1v) is 12.2. The van der Waals surface area contributed by atoms with Crippen molar-refractivity contribution in [2.75, 3.05) is 31.6 Å². The third-order valence-corrected chi connectivity index (χ3v) is 7.55. The summed E-state index contributed by atoms with van der Waals surface area (Å²) in [6.07, 6.45) is 2.93. The number of methoxy groups -OCH3 is 1. The van der Waals surface area contributed by atoms with Crippen LogP contribution in [-0.2, 0) is 14.4 Å². The molecule has 4 rings (SSSR count). The second-order valence-electron chi connectivity index (χ2n) is 7.92. The van der Waals surface area contributed by atoms with Crippen molar-refractivity contribution in [1.82, 2.24) is 4.90 Å². The first-order valence-electron chi connectivity index (χ1n) is 10.6. The third-order valence-electron chi connectivity index (χ3n) is 5.85. The zero-order valence-electron chi connectivity index (χ0n) is 18.1. The van der Waals surface area contributed by atoms with Crippen molar-refractivity contribution in [2.45, 2.75) is 17.7 Å². The van der Waals surface area contributed by atoms with Crippen molar-refractivity contribution >= 4 is 57.2 Å². The lowest BCUT2D eigenvalue weighted by Gasteiger charge is -2.34. The van der Waals surface area contributed by atoms with Gasteiger partial charge in [0.25, 0.3) is 5.91 Å². The number of thioether (sulfide) groups is 1. The average Bonchev–Trinajstić information content (AvgIpc) is 2.81. The molecule has 0 saturated carbocycles. The summed E-state index contributed by atoms with van der Waals surface area (Å²) in [6, 6.07) is 13.2. The Morgan fingerprint density at radius 2 is 1.94 bits per heavy atom. The highest BCUT2D eigenvalue weighted by atomic mass is 79.9. The van der Waals surface area contributed by atoms with Gasteiger partial charge in [0.1, 0.15) is 12.3 Å². The molecule has 2 N–H and O–H groups in total. The van der Waals surface area contributed by atoms with E-state index in [0.29, 0.717) is 36.6 Å². The Hall–Kier alpha value is -2.78. The number of carbonyl (C=O) groups excluding carboxylic acids is 3. The normalized spacial score (nSPS) is 17.8. The Balaban J connectivity index is 1.57. The van der Waals surface area contributed by atoms with Crippen LogP contribution in [0.2, 0.25) is 0 Å². The first-order chi connectivity index (χ1) is 15.9. The largest absolute Gasteiger partial charge is 0.496 e. The van der Waals surface area contributed by atoms with Gasteiger partial charge in [0, 0.05) is 23.9 Å². The van der Waals surface area contributed by atoms with Crippen LogP contribution in [0, 0.1) is 5.92 Å². The van der Waals surface area contributed by atoms with E-state index in [0.717, 1.165) is 20.6 Å². The van der Waals surface area contributed by atoms with Crippen LogP contribution in [0.1, 0.15) is 18.4 Å². The minimum absolute atomic E-state index is 0.0543. The number of hydrogen-bond acceptors (Lipinski definition) is 5. The number of fused-ring (bicyclic) bond motifs is 1. The molecule has 0 radical (unpaired) electrons. The van der Waals surface area contributed by atoms with Crippen molar-refractivity contribution in [3.05, 3.63) is 57.4 Å². The smallest absolute Gasteiger partial charge is 0.265 e. The number of nitrogens with zero attached hydrogens (tertiary/aromatic N) is 2. The zero-order chi connectivity index (χ0) is 23.5. The van der Waals surface area contributed by atoms with Crippen LogP contribution in [0.3, 0.4) is 0 Å². The number of amides is 3. The van der Waals surface area contributed by atoms with E-state index in [1.165, 1.54) is 11.8 Å². The summed E-state index contributed by atoms with van der Waals surface area (Å²) in [5, 5.41) is 0. The molecule has 0 unspecified atom stereocenters. The van der Waals surface area contributed by atoms with Gasteiger partial charge in [-0.3, -0.25) is 19.3 Å². The van der Waals surface area contributed by atoms with Gasteiger partial charge in [-0.1, -0.05) is 30.0 Å². The van der Waals surface area contributed by atoms with Gasteiger partial charge in [0.15, 0.2) is 0 Å². The van der Waals surface area contributed by atoms with Gasteiger partial charge in [-0.05, 0) is 64.7 Å². The predicted octanol–water partition coefficient (Wildman–Crippen LogP) is 3.66. The number of benzene rings is 2. The standard InChI is InChI=1S/C24H24BrN3O4S/c1-32-19-7-6-15(12-17(19)25)13-21-24(31)28(18-4-2-3-5-20(18)33-21)14-22(29)27-10-8-16(9-11-27)23(26)30/h2-7,12-13,16H,8-11,14H2,1H3,(H2,26,30). The zero-order valence-corrected chi connectivity index (χ0v) is 20.5. The van der Waals surface area contributed by atoms with Gasteiger partial charge in [-0.2, -0.15) is 0 Å². The van der Waals surface area contributed by atoms with E-state index >= 15 is 0 Å². The minimum Gasteiger partial charge on any atom is -0.496 e. The number of para-hydroxylation sites is 1. The number of likely N-dealkylation sites (tertiary alicyclic amines) is 1. The molecule has 2 aliphatic rings. The fraction of sp³-hybridized carbons (Fsp3) is 0.292. The molecule has 2 aliphatic heterocycles. The molecule has 7 nitrogen and oxygen atoms in total. The molecule has 1 saturated heterocycles. The monoisotopic (exact) mass is 529 g/mol. The fourth-order valence-electron chi connectivity index (χ4n) is 3.99. The van der Waals surface area contributed by atoms with Crippen molar-refractivity contribution < 1.29 is 19.1 Å². The van der Waals surface area contributed by atoms with Gasteiger partial charge in [0.2, 0.25) is 11.8 Å². The van der Waals surface area contributed by atoms with Crippen LogP contribution in [0.15, 0.2) is 56.7 Å². The highest BCUT2D eigenvalue weighted by Crippen LogP contribution is 2.42. The van der Waals surface area contributed by atoms with Crippen molar-refractivity contribution in [1.29, 1.82) is 0 Å². The summed E-state index contributed by atoms with van der Waals surface area (Å²) in [5.41, 5.74) is 6.97. The Morgan fingerprint density at radius 1 is 1.21 bits per heavy atom. The van der Waals surface area contributed by atoms with E-state index in [-0.39, 0.29) is 30.2 Å². The number of anilines is 1. The summed E-state index contributed by atoms with van der Waals surface area (Å²) in [5.74, 6) is -0.164. The summed E-state index contributed by atoms with van der Waals surface area (Å²) < 4.78 is 6.07. The van der Waals surface area contributed by atoms with Gasteiger partial charge in [0.05, 0.1) is 22.2 Å². The highest BCUT2D eigenvalue weighted by molar-refractivity contribution is 9.10. The summed E-state index contributed by atoms with van der Waals surface area (Å²) in [4.78, 5) is 42.6. The van der Waals surface area contributed by atoms with Crippen LogP contribution in [0.4, 0.5) is 5.69 Å². The number of nitrogens with two attached hydrogens (primary N) is 1. The van der Waals surface area contributed by atoms with E-state index in [1.807, 2.05) is 48.5 Å². The minimum atomic E-state index is -0.320. The van der Waals surface area contributed by atoms with Gasteiger partial charge in [-0.15, -0.1) is 0 Å². The van der Waals surface area contributed by atoms with Gasteiger partial charge in [-0.25, -0.2) is 0 Å². The van der Waals surface area contributed by atoms with Crippen molar-refractivity contribution in [3.8, 4) is 5.75 Å². The third kappa shape index (κ3) is 5.09. The molecule has 172 valence electrons. The molecule has 2 heterocycles. The molecule has 0 aromatic heterocycles. The summed E-state index contributed by atoms with van der Waals surface area (Å²) in [7, 11) is 1.60. The molecular formula is C24H24BrN3O4S. The lowest BCUT2D eigenvalue weighted by molar-refractivity contribution is -0.134. The van der Waals surface area contributed by atoms with Crippen molar-refractivity contribution in [2.24, 2.45) is 11.7 Å². The van der Waals surface area contributed by atoms with E-state index in [1.54, 1.807) is 16.9 Å². The predicted molar refractivity (Wildman–Crippen MR) is 132 cm³/mol. The van der Waals surface area contributed by atoms with Crippen LogP contribution >= 0.6 is 27.7 Å². The Kier molecular flexibility index (Phi) is 7.09. The highest BCUT2D eigenvalue weighted by Gasteiger charge is 2.33. The summed E-state index contributed by atoms with van der Waals surface area (Å²) >= 11 is 4.87. The second kappa shape index (κ2) is 10.0. The number of primary amides is 1. The Bertz CT molecular complexity index is 1130. The summed E-state index contributed by atoms with van der Waals surface area (Å²) in [6.45, 7) is 0.877. The fourth-order valence-corrected chi connectivity index (χ4v) is 5.61.